The van der Waals surface area contributed by atoms with Crippen LogP contribution in [0.2, 0.25) is 0 Å². The summed E-state index contributed by atoms with van der Waals surface area (Å²) in [6.45, 7) is 1.05. The van der Waals surface area contributed by atoms with Crippen LogP contribution in [0.15, 0.2) is 24.3 Å². The number of carboxylic acid groups (broad SMARTS) is 1. The number of sulfone groups is 1. The molecule has 0 radical (unpaired) electrons. The Morgan fingerprint density at radius 3 is 2.57 bits per heavy atom. The van der Waals surface area contributed by atoms with Gasteiger partial charge in [0, 0.05) is 6.26 Å². The predicted molar refractivity (Wildman–Crippen MR) is 75.2 cm³/mol. The third-order valence-corrected chi connectivity index (χ3v) is 4.79. The molecule has 1 aliphatic heterocycles. The van der Waals surface area contributed by atoms with Gasteiger partial charge in [-0.2, -0.15) is 0 Å². The smallest absolute Gasteiger partial charge is 0.346 e. The normalized spacial score (nSPS) is 19.3. The van der Waals surface area contributed by atoms with Gasteiger partial charge in [-0.05, 0) is 19.1 Å². The molecule has 1 aliphatic rings. The van der Waals surface area contributed by atoms with Gasteiger partial charge in [0.2, 0.25) is 12.0 Å². The lowest BCUT2D eigenvalue weighted by molar-refractivity contribution is -0.145. The zero-order chi connectivity index (χ0) is 15.8. The third kappa shape index (κ3) is 2.99. The minimum Gasteiger partial charge on any atom is -0.478 e. The van der Waals surface area contributed by atoms with Crippen molar-refractivity contribution in [2.24, 2.45) is 0 Å². The molecule has 2 atom stereocenters. The Kier molecular flexibility index (Phi) is 3.91. The van der Waals surface area contributed by atoms with Gasteiger partial charge in [0.05, 0.1) is 12.2 Å². The summed E-state index contributed by atoms with van der Waals surface area (Å²) < 4.78 is 28.4. The standard InChI is InChI=1S/C13H15NO6S/c1-8(21(2,18)19)12(15)14-7-11(13(16)17)20-10-6-4-3-5-9(10)14/h3-6,8,11H,7H2,1-2H3,(H,16,17). The molecule has 8 heteroatoms. The molecule has 0 fully saturated rings. The van der Waals surface area contributed by atoms with Gasteiger partial charge >= 0.3 is 5.97 Å². The van der Waals surface area contributed by atoms with Crippen molar-refractivity contribution in [3.05, 3.63) is 24.3 Å². The molecule has 0 spiro atoms. The average Bonchev–Trinajstić information content (AvgIpc) is 2.43. The number of carbonyl (C=O) groups excluding carboxylic acids is 1. The molecule has 1 amide bonds. The minimum atomic E-state index is -3.57. The lowest BCUT2D eigenvalue weighted by atomic mass is 10.1. The molecule has 2 rings (SSSR count). The maximum absolute atomic E-state index is 12.4. The molecular formula is C13H15NO6S. The van der Waals surface area contributed by atoms with Crippen LogP contribution in [0.1, 0.15) is 6.92 Å². The Morgan fingerprint density at radius 2 is 2.00 bits per heavy atom. The number of amides is 1. The van der Waals surface area contributed by atoms with Crippen LogP contribution in [-0.4, -0.2) is 49.6 Å². The molecule has 0 saturated heterocycles. The van der Waals surface area contributed by atoms with E-state index >= 15 is 0 Å². The van der Waals surface area contributed by atoms with E-state index in [0.717, 1.165) is 11.2 Å². The van der Waals surface area contributed by atoms with Crippen LogP contribution in [0.25, 0.3) is 0 Å². The van der Waals surface area contributed by atoms with Crippen molar-refractivity contribution in [1.82, 2.24) is 0 Å². The molecule has 0 aliphatic carbocycles. The lowest BCUT2D eigenvalue weighted by Gasteiger charge is -2.34. The largest absolute Gasteiger partial charge is 0.478 e. The molecule has 21 heavy (non-hydrogen) atoms. The molecule has 1 N–H and O–H groups in total. The average molecular weight is 313 g/mol. The van der Waals surface area contributed by atoms with Crippen LogP contribution in [0.4, 0.5) is 5.69 Å². The maximum atomic E-state index is 12.4. The molecule has 1 heterocycles. The summed E-state index contributed by atoms with van der Waals surface area (Å²) in [5.74, 6) is -1.64. The zero-order valence-electron chi connectivity index (χ0n) is 11.5. The zero-order valence-corrected chi connectivity index (χ0v) is 12.3. The van der Waals surface area contributed by atoms with Crippen LogP contribution in [0, 0.1) is 0 Å². The number of ether oxygens (including phenoxy) is 1. The fraction of sp³-hybridized carbons (Fsp3) is 0.385. The number of hydrogen-bond acceptors (Lipinski definition) is 5. The molecule has 7 nitrogen and oxygen atoms in total. The van der Waals surface area contributed by atoms with Gasteiger partial charge in [-0.3, -0.25) is 4.79 Å². The first-order valence-corrected chi connectivity index (χ1v) is 8.16. The van der Waals surface area contributed by atoms with Crippen molar-refractivity contribution >= 4 is 27.4 Å². The second kappa shape index (κ2) is 5.36. The van der Waals surface area contributed by atoms with Crippen LogP contribution in [0.5, 0.6) is 5.75 Å². The Morgan fingerprint density at radius 1 is 1.38 bits per heavy atom. The second-order valence-electron chi connectivity index (χ2n) is 4.83. The van der Waals surface area contributed by atoms with Gasteiger partial charge in [-0.1, -0.05) is 12.1 Å². The fourth-order valence-electron chi connectivity index (χ4n) is 1.97. The van der Waals surface area contributed by atoms with E-state index in [1.807, 2.05) is 0 Å². The molecule has 0 saturated carbocycles. The first-order valence-electron chi connectivity index (χ1n) is 6.20. The number of benzene rings is 1. The van der Waals surface area contributed by atoms with E-state index in [1.165, 1.54) is 13.0 Å². The van der Waals surface area contributed by atoms with Crippen molar-refractivity contribution in [3.8, 4) is 5.75 Å². The van der Waals surface area contributed by atoms with Crippen LogP contribution >= 0.6 is 0 Å². The van der Waals surface area contributed by atoms with Crippen molar-refractivity contribution in [3.63, 3.8) is 0 Å². The summed E-state index contributed by atoms with van der Waals surface area (Å²) in [4.78, 5) is 24.6. The second-order valence-corrected chi connectivity index (χ2v) is 7.20. The SMILES string of the molecule is CC(C(=O)N1CC(C(=O)O)Oc2ccccc21)S(C)(=O)=O. The number of rotatable bonds is 3. The topological polar surface area (TPSA) is 101 Å². The number of carbonyl (C=O) groups is 2. The van der Waals surface area contributed by atoms with Gasteiger partial charge in [0.15, 0.2) is 9.84 Å². The summed E-state index contributed by atoms with van der Waals surface area (Å²) in [7, 11) is -3.57. The Labute approximate surface area is 122 Å². The van der Waals surface area contributed by atoms with E-state index in [9.17, 15) is 18.0 Å². The van der Waals surface area contributed by atoms with Gasteiger partial charge in [0.1, 0.15) is 11.0 Å². The van der Waals surface area contributed by atoms with Gasteiger partial charge in [-0.25, -0.2) is 13.2 Å². The number of para-hydroxylation sites is 2. The summed E-state index contributed by atoms with van der Waals surface area (Å²) in [6, 6.07) is 6.43. The van der Waals surface area contributed by atoms with E-state index in [4.69, 9.17) is 9.84 Å². The van der Waals surface area contributed by atoms with Crippen molar-refractivity contribution < 1.29 is 27.9 Å². The number of anilines is 1. The molecule has 1 aromatic rings. The molecule has 1 aromatic carbocycles. The lowest BCUT2D eigenvalue weighted by Crippen LogP contribution is -2.50. The summed E-state index contributed by atoms with van der Waals surface area (Å²) >= 11 is 0. The van der Waals surface area contributed by atoms with Crippen molar-refractivity contribution in [2.75, 3.05) is 17.7 Å². The quantitative estimate of drug-likeness (QED) is 0.861. The van der Waals surface area contributed by atoms with E-state index in [1.54, 1.807) is 18.2 Å². The highest BCUT2D eigenvalue weighted by molar-refractivity contribution is 7.92. The highest BCUT2D eigenvalue weighted by Gasteiger charge is 2.37. The molecular weight excluding hydrogens is 298 g/mol. The number of carboxylic acids is 1. The highest BCUT2D eigenvalue weighted by Crippen LogP contribution is 2.33. The molecule has 0 bridgehead atoms. The van der Waals surface area contributed by atoms with Crippen molar-refractivity contribution in [1.29, 1.82) is 0 Å². The number of nitrogens with zero attached hydrogens (tertiary/aromatic N) is 1. The number of fused-ring (bicyclic) bond motifs is 1. The first kappa shape index (κ1) is 15.3. The van der Waals surface area contributed by atoms with Gasteiger partial charge < -0.3 is 14.7 Å². The van der Waals surface area contributed by atoms with Gasteiger partial charge in [0.25, 0.3) is 0 Å². The Bertz CT molecular complexity index is 684. The summed E-state index contributed by atoms with van der Waals surface area (Å²) in [5, 5.41) is 7.83. The molecule has 0 aromatic heterocycles. The van der Waals surface area contributed by atoms with Crippen molar-refractivity contribution in [2.45, 2.75) is 18.3 Å². The van der Waals surface area contributed by atoms with Gasteiger partial charge in [-0.15, -0.1) is 0 Å². The van der Waals surface area contributed by atoms with Crippen LogP contribution in [-0.2, 0) is 19.4 Å². The monoisotopic (exact) mass is 313 g/mol. The van der Waals surface area contributed by atoms with E-state index in [2.05, 4.69) is 0 Å². The Balaban J connectivity index is 2.42. The fourth-order valence-corrected chi connectivity index (χ4v) is 2.47. The highest BCUT2D eigenvalue weighted by atomic mass is 32.2. The molecule has 114 valence electrons. The van der Waals surface area contributed by atoms with E-state index in [0.29, 0.717) is 5.69 Å². The number of aliphatic carboxylic acids is 1. The summed E-state index contributed by atoms with van der Waals surface area (Å²) in [5.41, 5.74) is 0.371. The van der Waals surface area contributed by atoms with Crippen LogP contribution < -0.4 is 9.64 Å². The van der Waals surface area contributed by atoms with E-state index < -0.39 is 33.1 Å². The first-order chi connectivity index (χ1) is 9.71. The predicted octanol–water partition coefficient (Wildman–Crippen LogP) is 0.298. The third-order valence-electron chi connectivity index (χ3n) is 3.31. The number of hydrogen-bond donors (Lipinski definition) is 1. The Hall–Kier alpha value is -2.09. The maximum Gasteiger partial charge on any atom is 0.346 e. The van der Waals surface area contributed by atoms with Crippen LogP contribution in [0.3, 0.4) is 0 Å². The summed E-state index contributed by atoms with van der Waals surface area (Å²) in [6.07, 6.45) is -0.257. The van der Waals surface area contributed by atoms with E-state index in [-0.39, 0.29) is 12.3 Å². The minimum absolute atomic E-state index is 0.231. The molecule has 2 unspecified atom stereocenters.